The van der Waals surface area contributed by atoms with Gasteiger partial charge in [-0.05, 0) is 24.0 Å². The highest BCUT2D eigenvalue weighted by molar-refractivity contribution is 7.98. The summed E-state index contributed by atoms with van der Waals surface area (Å²) in [5.74, 6) is 0.865. The quantitative estimate of drug-likeness (QED) is 0.725. The second-order valence-corrected chi connectivity index (χ2v) is 4.82. The maximum absolute atomic E-state index is 11.9. The van der Waals surface area contributed by atoms with Gasteiger partial charge in [-0.3, -0.25) is 4.79 Å². The predicted molar refractivity (Wildman–Crippen MR) is 74.2 cm³/mol. The van der Waals surface area contributed by atoms with E-state index in [1.165, 1.54) is 0 Å². The summed E-state index contributed by atoms with van der Waals surface area (Å²) in [7, 11) is 0. The van der Waals surface area contributed by atoms with E-state index in [-0.39, 0.29) is 11.8 Å². The Morgan fingerprint density at radius 2 is 2.12 bits per heavy atom. The van der Waals surface area contributed by atoms with Crippen molar-refractivity contribution in [3.63, 3.8) is 0 Å². The van der Waals surface area contributed by atoms with Gasteiger partial charge in [0.1, 0.15) is 0 Å². The van der Waals surface area contributed by atoms with Gasteiger partial charge in [0, 0.05) is 13.1 Å². The lowest BCUT2D eigenvalue weighted by atomic mass is 9.98. The van der Waals surface area contributed by atoms with Gasteiger partial charge in [-0.1, -0.05) is 30.3 Å². The Kier molecular flexibility index (Phi) is 6.74. The van der Waals surface area contributed by atoms with Gasteiger partial charge < -0.3 is 11.1 Å². The minimum atomic E-state index is -0.231. The Balaban J connectivity index is 2.48. The summed E-state index contributed by atoms with van der Waals surface area (Å²) in [5, 5.41) is 2.93. The molecular formula is C13H20N2OS. The average Bonchev–Trinajstić information content (AvgIpc) is 2.37. The van der Waals surface area contributed by atoms with Crippen LogP contribution in [-0.4, -0.2) is 31.0 Å². The summed E-state index contributed by atoms with van der Waals surface area (Å²) in [6, 6.07) is 9.68. The van der Waals surface area contributed by atoms with Crippen molar-refractivity contribution in [2.45, 2.75) is 12.3 Å². The lowest BCUT2D eigenvalue weighted by Crippen LogP contribution is -2.34. The Bertz CT molecular complexity index is 329. The molecule has 1 rings (SSSR count). The molecule has 0 aliphatic heterocycles. The zero-order valence-corrected chi connectivity index (χ0v) is 11.0. The van der Waals surface area contributed by atoms with Gasteiger partial charge >= 0.3 is 0 Å². The molecule has 0 fully saturated rings. The molecule has 1 amide bonds. The molecule has 0 saturated carbocycles. The lowest BCUT2D eigenvalue weighted by Gasteiger charge is -2.15. The van der Waals surface area contributed by atoms with Crippen molar-refractivity contribution in [3.05, 3.63) is 35.9 Å². The molecule has 0 saturated heterocycles. The van der Waals surface area contributed by atoms with Gasteiger partial charge in [-0.2, -0.15) is 11.8 Å². The first-order chi connectivity index (χ1) is 8.29. The van der Waals surface area contributed by atoms with Crippen molar-refractivity contribution in [1.82, 2.24) is 5.32 Å². The maximum atomic E-state index is 11.9. The minimum Gasteiger partial charge on any atom is -0.356 e. The number of hydrogen-bond acceptors (Lipinski definition) is 3. The maximum Gasteiger partial charge on any atom is 0.228 e. The molecule has 0 radical (unpaired) electrons. The average molecular weight is 252 g/mol. The van der Waals surface area contributed by atoms with E-state index < -0.39 is 0 Å². The molecule has 94 valence electrons. The summed E-state index contributed by atoms with van der Waals surface area (Å²) >= 11 is 1.79. The van der Waals surface area contributed by atoms with Crippen LogP contribution >= 0.6 is 11.8 Å². The van der Waals surface area contributed by atoms with E-state index in [1.54, 1.807) is 11.8 Å². The summed E-state index contributed by atoms with van der Waals surface area (Å²) < 4.78 is 0. The van der Waals surface area contributed by atoms with Crippen molar-refractivity contribution >= 4 is 17.7 Å². The molecule has 0 aliphatic carbocycles. The van der Waals surface area contributed by atoms with Crippen molar-refractivity contribution in [1.29, 1.82) is 0 Å². The third-order valence-electron chi connectivity index (χ3n) is 2.58. The number of benzene rings is 1. The Hall–Kier alpha value is -1.00. The van der Waals surface area contributed by atoms with Crippen molar-refractivity contribution < 1.29 is 4.79 Å². The second-order valence-electron chi connectivity index (χ2n) is 3.84. The fraction of sp³-hybridized carbons (Fsp3) is 0.462. The first kappa shape index (κ1) is 14.1. The molecular weight excluding hydrogens is 232 g/mol. The van der Waals surface area contributed by atoms with Crippen LogP contribution in [-0.2, 0) is 4.79 Å². The highest BCUT2D eigenvalue weighted by atomic mass is 32.2. The van der Waals surface area contributed by atoms with E-state index in [1.807, 2.05) is 30.3 Å². The molecule has 4 heteroatoms. The lowest BCUT2D eigenvalue weighted by molar-refractivity contribution is -0.122. The SMILES string of the molecule is CSCCCNC(=O)C(CN)c1ccccc1. The van der Waals surface area contributed by atoms with Gasteiger partial charge in [0.25, 0.3) is 0 Å². The summed E-state index contributed by atoms with van der Waals surface area (Å²) in [6.07, 6.45) is 3.06. The van der Waals surface area contributed by atoms with Crippen LogP contribution in [0.1, 0.15) is 17.9 Å². The van der Waals surface area contributed by atoms with E-state index in [2.05, 4.69) is 11.6 Å². The third-order valence-corrected chi connectivity index (χ3v) is 3.28. The molecule has 1 aromatic rings. The number of amides is 1. The molecule has 17 heavy (non-hydrogen) atoms. The first-order valence-electron chi connectivity index (χ1n) is 5.81. The first-order valence-corrected chi connectivity index (χ1v) is 7.20. The Labute approximate surface area is 107 Å². The van der Waals surface area contributed by atoms with Crippen LogP contribution in [0.5, 0.6) is 0 Å². The van der Waals surface area contributed by atoms with Crippen LogP contribution in [0.4, 0.5) is 0 Å². The van der Waals surface area contributed by atoms with Crippen LogP contribution in [0, 0.1) is 0 Å². The van der Waals surface area contributed by atoms with Crippen molar-refractivity contribution in [3.8, 4) is 0 Å². The third kappa shape index (κ3) is 4.79. The highest BCUT2D eigenvalue weighted by Crippen LogP contribution is 2.13. The summed E-state index contributed by atoms with van der Waals surface area (Å²) in [6.45, 7) is 1.07. The van der Waals surface area contributed by atoms with Gasteiger partial charge in [-0.25, -0.2) is 0 Å². The highest BCUT2D eigenvalue weighted by Gasteiger charge is 2.17. The molecule has 3 nitrogen and oxygen atoms in total. The van der Waals surface area contributed by atoms with Gasteiger partial charge in [0.05, 0.1) is 5.92 Å². The standard InChI is InChI=1S/C13H20N2OS/c1-17-9-5-8-15-13(16)12(10-14)11-6-3-2-4-7-11/h2-4,6-7,12H,5,8-10,14H2,1H3,(H,15,16). The normalized spacial score (nSPS) is 12.1. The smallest absolute Gasteiger partial charge is 0.228 e. The number of nitrogens with two attached hydrogens (primary N) is 1. The molecule has 0 aromatic heterocycles. The van der Waals surface area contributed by atoms with E-state index >= 15 is 0 Å². The number of carbonyl (C=O) groups excluding carboxylic acids is 1. The Morgan fingerprint density at radius 3 is 2.71 bits per heavy atom. The number of rotatable bonds is 7. The van der Waals surface area contributed by atoms with Crippen LogP contribution in [0.3, 0.4) is 0 Å². The number of carbonyl (C=O) groups is 1. The minimum absolute atomic E-state index is 0.0276. The van der Waals surface area contributed by atoms with E-state index in [4.69, 9.17) is 5.73 Å². The molecule has 1 atom stereocenters. The fourth-order valence-corrected chi connectivity index (χ4v) is 2.06. The largest absolute Gasteiger partial charge is 0.356 e. The molecule has 3 N–H and O–H groups in total. The van der Waals surface area contributed by atoms with Crippen molar-refractivity contribution in [2.24, 2.45) is 5.73 Å². The topological polar surface area (TPSA) is 55.1 Å². The molecule has 0 heterocycles. The molecule has 1 aromatic carbocycles. The number of nitrogens with one attached hydrogen (secondary N) is 1. The fourth-order valence-electron chi connectivity index (χ4n) is 1.63. The van der Waals surface area contributed by atoms with Gasteiger partial charge in [0.2, 0.25) is 5.91 Å². The van der Waals surface area contributed by atoms with Crippen LogP contribution in [0.15, 0.2) is 30.3 Å². The van der Waals surface area contributed by atoms with Crippen LogP contribution in [0.25, 0.3) is 0 Å². The molecule has 0 aliphatic rings. The van der Waals surface area contributed by atoms with Crippen LogP contribution < -0.4 is 11.1 Å². The van der Waals surface area contributed by atoms with Crippen molar-refractivity contribution in [2.75, 3.05) is 25.1 Å². The zero-order valence-electron chi connectivity index (χ0n) is 10.2. The van der Waals surface area contributed by atoms with E-state index in [0.29, 0.717) is 6.54 Å². The molecule has 0 bridgehead atoms. The second kappa shape index (κ2) is 8.14. The predicted octanol–water partition coefficient (Wildman–Crippen LogP) is 1.60. The summed E-state index contributed by atoms with van der Waals surface area (Å²) in [4.78, 5) is 11.9. The monoisotopic (exact) mass is 252 g/mol. The van der Waals surface area contributed by atoms with E-state index in [9.17, 15) is 4.79 Å². The van der Waals surface area contributed by atoms with Gasteiger partial charge in [0.15, 0.2) is 0 Å². The molecule has 0 spiro atoms. The molecule has 1 unspecified atom stereocenters. The number of thioether (sulfide) groups is 1. The Morgan fingerprint density at radius 1 is 1.41 bits per heavy atom. The van der Waals surface area contributed by atoms with Crippen LogP contribution in [0.2, 0.25) is 0 Å². The zero-order chi connectivity index (χ0) is 12.5. The van der Waals surface area contributed by atoms with Gasteiger partial charge in [-0.15, -0.1) is 0 Å². The van der Waals surface area contributed by atoms with E-state index in [0.717, 1.165) is 24.3 Å². The number of hydrogen-bond donors (Lipinski definition) is 2. The summed E-state index contributed by atoms with van der Waals surface area (Å²) in [5.41, 5.74) is 6.65.